The van der Waals surface area contributed by atoms with Gasteiger partial charge in [-0.05, 0) is 36.8 Å². The zero-order chi connectivity index (χ0) is 14.8. The fourth-order valence-electron chi connectivity index (χ4n) is 3.25. The van der Waals surface area contributed by atoms with E-state index >= 15 is 0 Å². The van der Waals surface area contributed by atoms with Crippen LogP contribution in [0.5, 0.6) is 0 Å². The maximum atomic E-state index is 12.5. The lowest BCUT2D eigenvalue weighted by Crippen LogP contribution is -2.39. The molecule has 4 atom stereocenters. The standard InChI is InChI=1S/C16H18N2O3/c1-21-16(20)14(13-4-2-3-7-17-13)18-15(19)12-9-10-5-6-11(12)8-10/h2-7,10-12,14H,8-9H2,1H3,(H,18,19)/t10-,11-,12-,14+/m0/s1. The number of methoxy groups -OCH3 is 1. The molecular weight excluding hydrogens is 268 g/mol. The van der Waals surface area contributed by atoms with Crippen molar-refractivity contribution in [1.82, 2.24) is 10.3 Å². The van der Waals surface area contributed by atoms with Gasteiger partial charge >= 0.3 is 5.97 Å². The molecule has 1 amide bonds. The largest absolute Gasteiger partial charge is 0.467 e. The molecule has 0 radical (unpaired) electrons. The molecule has 1 fully saturated rings. The third kappa shape index (κ3) is 2.68. The molecule has 0 saturated heterocycles. The minimum absolute atomic E-state index is 0.0455. The number of fused-ring (bicyclic) bond motifs is 2. The summed E-state index contributed by atoms with van der Waals surface area (Å²) in [6, 6.07) is 4.42. The van der Waals surface area contributed by atoms with Crippen molar-refractivity contribution in [2.75, 3.05) is 7.11 Å². The number of hydrogen-bond donors (Lipinski definition) is 1. The Morgan fingerprint density at radius 1 is 1.33 bits per heavy atom. The van der Waals surface area contributed by atoms with Gasteiger partial charge in [-0.25, -0.2) is 4.79 Å². The van der Waals surface area contributed by atoms with E-state index in [9.17, 15) is 9.59 Å². The van der Waals surface area contributed by atoms with Crippen molar-refractivity contribution in [3.63, 3.8) is 0 Å². The van der Waals surface area contributed by atoms with Crippen LogP contribution in [-0.2, 0) is 14.3 Å². The third-order valence-electron chi connectivity index (χ3n) is 4.32. The second-order valence-electron chi connectivity index (χ2n) is 5.61. The molecule has 5 nitrogen and oxygen atoms in total. The molecule has 0 aliphatic heterocycles. The Hall–Kier alpha value is -2.17. The fourth-order valence-corrected chi connectivity index (χ4v) is 3.25. The van der Waals surface area contributed by atoms with Crippen LogP contribution in [0.2, 0.25) is 0 Å². The van der Waals surface area contributed by atoms with E-state index in [4.69, 9.17) is 4.74 Å². The average molecular weight is 286 g/mol. The number of pyridine rings is 1. The minimum Gasteiger partial charge on any atom is -0.467 e. The highest BCUT2D eigenvalue weighted by atomic mass is 16.5. The van der Waals surface area contributed by atoms with Crippen LogP contribution in [0, 0.1) is 17.8 Å². The molecule has 2 aliphatic carbocycles. The molecule has 2 aliphatic rings. The first-order valence-electron chi connectivity index (χ1n) is 7.16. The minimum atomic E-state index is -0.841. The van der Waals surface area contributed by atoms with Gasteiger partial charge in [0.25, 0.3) is 0 Å². The van der Waals surface area contributed by atoms with Gasteiger partial charge in [0.05, 0.1) is 12.8 Å². The Labute approximate surface area is 123 Å². The summed E-state index contributed by atoms with van der Waals surface area (Å²) < 4.78 is 4.78. The van der Waals surface area contributed by atoms with E-state index in [0.29, 0.717) is 17.5 Å². The van der Waals surface area contributed by atoms with Crippen molar-refractivity contribution in [2.45, 2.75) is 18.9 Å². The van der Waals surface area contributed by atoms with Crippen LogP contribution < -0.4 is 5.32 Å². The van der Waals surface area contributed by atoms with Gasteiger partial charge in [-0.15, -0.1) is 0 Å². The van der Waals surface area contributed by atoms with Gasteiger partial charge in [0.15, 0.2) is 6.04 Å². The number of rotatable bonds is 4. The molecule has 1 N–H and O–H groups in total. The molecule has 3 rings (SSSR count). The smallest absolute Gasteiger partial charge is 0.334 e. The van der Waals surface area contributed by atoms with Gasteiger partial charge in [-0.2, -0.15) is 0 Å². The molecular formula is C16H18N2O3. The summed E-state index contributed by atoms with van der Waals surface area (Å²) in [4.78, 5) is 28.5. The summed E-state index contributed by atoms with van der Waals surface area (Å²) in [5.74, 6) is 0.179. The SMILES string of the molecule is COC(=O)[C@H](NC(=O)[C@H]1C[C@H]2C=C[C@H]1C2)c1ccccn1. The van der Waals surface area contributed by atoms with Crippen LogP contribution in [0.15, 0.2) is 36.5 Å². The maximum absolute atomic E-state index is 12.5. The number of ether oxygens (including phenoxy) is 1. The van der Waals surface area contributed by atoms with Crippen LogP contribution in [-0.4, -0.2) is 24.0 Å². The molecule has 5 heteroatoms. The van der Waals surface area contributed by atoms with Crippen molar-refractivity contribution >= 4 is 11.9 Å². The topological polar surface area (TPSA) is 68.3 Å². The van der Waals surface area contributed by atoms with Crippen LogP contribution in [0.4, 0.5) is 0 Å². The number of carbonyl (C=O) groups excluding carboxylic acids is 2. The van der Waals surface area contributed by atoms with Gasteiger partial charge in [0, 0.05) is 12.1 Å². The van der Waals surface area contributed by atoms with E-state index in [-0.39, 0.29) is 11.8 Å². The zero-order valence-corrected chi connectivity index (χ0v) is 11.9. The highest BCUT2D eigenvalue weighted by Gasteiger charge is 2.41. The number of carbonyl (C=O) groups is 2. The zero-order valence-electron chi connectivity index (χ0n) is 11.9. The normalized spacial score (nSPS) is 27.4. The first-order chi connectivity index (χ1) is 10.2. The van der Waals surface area contributed by atoms with Crippen molar-refractivity contribution < 1.29 is 14.3 Å². The lowest BCUT2D eigenvalue weighted by atomic mass is 9.92. The predicted molar refractivity (Wildman–Crippen MR) is 76.0 cm³/mol. The number of esters is 1. The van der Waals surface area contributed by atoms with Gasteiger partial charge < -0.3 is 10.1 Å². The molecule has 0 unspecified atom stereocenters. The van der Waals surface area contributed by atoms with E-state index in [2.05, 4.69) is 22.5 Å². The summed E-state index contributed by atoms with van der Waals surface area (Å²) in [5, 5.41) is 2.80. The number of aromatic nitrogens is 1. The highest BCUT2D eigenvalue weighted by Crippen LogP contribution is 2.43. The summed E-state index contributed by atoms with van der Waals surface area (Å²) in [6.45, 7) is 0. The Bertz CT molecular complexity index is 570. The van der Waals surface area contributed by atoms with Gasteiger partial charge in [0.2, 0.25) is 5.91 Å². The van der Waals surface area contributed by atoms with Crippen LogP contribution in [0.1, 0.15) is 24.6 Å². The quantitative estimate of drug-likeness (QED) is 0.674. The van der Waals surface area contributed by atoms with E-state index in [1.54, 1.807) is 24.4 Å². The predicted octanol–water partition coefficient (Wildman–Crippen LogP) is 1.62. The lowest BCUT2D eigenvalue weighted by Gasteiger charge is -2.21. The molecule has 21 heavy (non-hydrogen) atoms. The molecule has 0 spiro atoms. The average Bonchev–Trinajstić information content (AvgIpc) is 3.15. The van der Waals surface area contributed by atoms with Crippen molar-refractivity contribution in [3.05, 3.63) is 42.2 Å². The van der Waals surface area contributed by atoms with Gasteiger partial charge in [-0.1, -0.05) is 18.2 Å². The lowest BCUT2D eigenvalue weighted by molar-refractivity contribution is -0.146. The van der Waals surface area contributed by atoms with Gasteiger partial charge in [-0.3, -0.25) is 9.78 Å². The molecule has 1 saturated carbocycles. The van der Waals surface area contributed by atoms with Crippen molar-refractivity contribution in [2.24, 2.45) is 17.8 Å². The molecule has 1 aromatic rings. The molecule has 1 heterocycles. The number of allylic oxidation sites excluding steroid dienone is 2. The van der Waals surface area contributed by atoms with E-state index in [1.807, 2.05) is 0 Å². The van der Waals surface area contributed by atoms with Crippen LogP contribution in [0.3, 0.4) is 0 Å². The Kier molecular flexibility index (Phi) is 3.73. The van der Waals surface area contributed by atoms with Crippen molar-refractivity contribution in [1.29, 1.82) is 0 Å². The Morgan fingerprint density at radius 2 is 2.19 bits per heavy atom. The second kappa shape index (κ2) is 5.68. The van der Waals surface area contributed by atoms with Crippen molar-refractivity contribution in [3.8, 4) is 0 Å². The first-order valence-corrected chi connectivity index (χ1v) is 7.16. The molecule has 1 aromatic heterocycles. The van der Waals surface area contributed by atoms with E-state index in [0.717, 1.165) is 12.8 Å². The van der Waals surface area contributed by atoms with Crippen LogP contribution >= 0.6 is 0 Å². The van der Waals surface area contributed by atoms with Gasteiger partial charge in [0.1, 0.15) is 0 Å². The first kappa shape index (κ1) is 13.8. The van der Waals surface area contributed by atoms with E-state index < -0.39 is 12.0 Å². The highest BCUT2D eigenvalue weighted by molar-refractivity contribution is 5.87. The van der Waals surface area contributed by atoms with E-state index in [1.165, 1.54) is 7.11 Å². The Morgan fingerprint density at radius 3 is 2.76 bits per heavy atom. The maximum Gasteiger partial charge on any atom is 0.334 e. The number of amides is 1. The van der Waals surface area contributed by atoms with Crippen LogP contribution in [0.25, 0.3) is 0 Å². The number of nitrogens with one attached hydrogen (secondary N) is 1. The summed E-state index contributed by atoms with van der Waals surface area (Å²) >= 11 is 0. The number of nitrogens with zero attached hydrogens (tertiary/aromatic N) is 1. The molecule has 110 valence electrons. The molecule has 2 bridgehead atoms. The third-order valence-corrected chi connectivity index (χ3v) is 4.32. The second-order valence-corrected chi connectivity index (χ2v) is 5.61. The monoisotopic (exact) mass is 286 g/mol. The number of hydrogen-bond acceptors (Lipinski definition) is 4. The fraction of sp³-hybridized carbons (Fsp3) is 0.438. The summed E-state index contributed by atoms with van der Waals surface area (Å²) in [6.07, 6.45) is 7.81. The molecule has 0 aromatic carbocycles. The summed E-state index contributed by atoms with van der Waals surface area (Å²) in [5.41, 5.74) is 0.497. The summed E-state index contributed by atoms with van der Waals surface area (Å²) in [7, 11) is 1.31. The Balaban J connectivity index is 1.74.